The van der Waals surface area contributed by atoms with Crippen molar-refractivity contribution in [2.75, 3.05) is 19.8 Å². The number of rotatable bonds is 16. The Bertz CT molecular complexity index is 2090. The summed E-state index contributed by atoms with van der Waals surface area (Å²) in [7, 11) is 0. The number of esters is 1. The fourth-order valence-electron chi connectivity index (χ4n) is 8.07. The first kappa shape index (κ1) is 35.2. The van der Waals surface area contributed by atoms with E-state index >= 15 is 0 Å². The van der Waals surface area contributed by atoms with Gasteiger partial charge in [-0.2, -0.15) is 0 Å². The fraction of sp³-hybridized carbons (Fsp3) is 0.364. The molecule has 0 fully saturated rings. The van der Waals surface area contributed by atoms with Crippen LogP contribution in [0.1, 0.15) is 110 Å². The van der Waals surface area contributed by atoms with Gasteiger partial charge in [0, 0.05) is 41.5 Å². The number of allylic oxidation sites excluding steroid dienone is 3. The van der Waals surface area contributed by atoms with E-state index in [0.717, 1.165) is 106 Å². The van der Waals surface area contributed by atoms with Crippen molar-refractivity contribution in [3.63, 3.8) is 0 Å². The zero-order chi connectivity index (χ0) is 36.0. The molecule has 4 aromatic rings. The molecule has 0 bridgehead atoms. The second kappa shape index (κ2) is 16.0. The van der Waals surface area contributed by atoms with Gasteiger partial charge in [0.15, 0.2) is 5.78 Å². The smallest absolute Gasteiger partial charge is 0.305 e. The summed E-state index contributed by atoms with van der Waals surface area (Å²) in [6.07, 6.45) is 10.1. The SMILES string of the molecule is CCOC(=O)CCCCCOc1cc2c3c(c4c(c2c2ccccc12)C1=C(CCC=C1OCCCCCC=O)C(=O)C4c1ccccc1)C(=O)NC3. The molecule has 1 heterocycles. The number of amides is 1. The molecule has 2 aliphatic carbocycles. The van der Waals surface area contributed by atoms with Crippen LogP contribution >= 0.6 is 0 Å². The molecule has 1 atom stereocenters. The van der Waals surface area contributed by atoms with Crippen LogP contribution in [0.4, 0.5) is 0 Å². The number of nitrogens with one attached hydrogen (secondary N) is 1. The molecule has 3 aliphatic rings. The lowest BCUT2D eigenvalue weighted by Crippen LogP contribution is -2.28. The Balaban J connectivity index is 1.37. The molecular formula is C44H45NO7. The maximum Gasteiger partial charge on any atom is 0.305 e. The highest BCUT2D eigenvalue weighted by molar-refractivity contribution is 6.25. The van der Waals surface area contributed by atoms with Crippen molar-refractivity contribution in [2.45, 2.75) is 83.6 Å². The van der Waals surface area contributed by atoms with Crippen LogP contribution in [0.2, 0.25) is 0 Å². The number of aldehydes is 1. The van der Waals surface area contributed by atoms with E-state index in [-0.39, 0.29) is 17.7 Å². The summed E-state index contributed by atoms with van der Waals surface area (Å²) in [5.41, 5.74) is 5.47. The summed E-state index contributed by atoms with van der Waals surface area (Å²) in [6.45, 7) is 3.50. The number of carbonyl (C=O) groups is 4. The number of benzene rings is 4. The third-order valence-corrected chi connectivity index (χ3v) is 10.4. The second-order valence-electron chi connectivity index (χ2n) is 13.7. The van der Waals surface area contributed by atoms with Crippen LogP contribution in [-0.2, 0) is 30.4 Å². The molecule has 1 aliphatic heterocycles. The lowest BCUT2D eigenvalue weighted by Gasteiger charge is -2.35. The minimum absolute atomic E-state index is 0.0161. The average Bonchev–Trinajstić information content (AvgIpc) is 3.56. The zero-order valence-electron chi connectivity index (χ0n) is 29.8. The molecule has 1 N–H and O–H groups in total. The Labute approximate surface area is 304 Å². The second-order valence-corrected chi connectivity index (χ2v) is 13.7. The van der Waals surface area contributed by atoms with Crippen LogP contribution in [0, 0.1) is 0 Å². The van der Waals surface area contributed by atoms with Gasteiger partial charge in [-0.3, -0.25) is 14.4 Å². The Morgan fingerprint density at radius 3 is 2.40 bits per heavy atom. The maximum atomic E-state index is 14.8. The molecule has 268 valence electrons. The van der Waals surface area contributed by atoms with Gasteiger partial charge in [-0.25, -0.2) is 0 Å². The largest absolute Gasteiger partial charge is 0.493 e. The lowest BCUT2D eigenvalue weighted by molar-refractivity contribution is -0.143. The number of ether oxygens (including phenoxy) is 3. The Hall–Kier alpha value is -5.24. The van der Waals surface area contributed by atoms with Crippen molar-refractivity contribution in [3.8, 4) is 5.75 Å². The minimum atomic E-state index is -0.635. The third-order valence-electron chi connectivity index (χ3n) is 10.4. The average molecular weight is 700 g/mol. The van der Waals surface area contributed by atoms with E-state index in [2.05, 4.69) is 29.6 Å². The summed E-state index contributed by atoms with van der Waals surface area (Å²) in [5.74, 6) is 0.452. The Morgan fingerprint density at radius 1 is 0.865 bits per heavy atom. The topological polar surface area (TPSA) is 108 Å². The van der Waals surface area contributed by atoms with Gasteiger partial charge in [-0.15, -0.1) is 0 Å². The van der Waals surface area contributed by atoms with E-state index in [1.165, 1.54) is 0 Å². The van der Waals surface area contributed by atoms with E-state index in [9.17, 15) is 19.2 Å². The summed E-state index contributed by atoms with van der Waals surface area (Å²) in [4.78, 5) is 51.4. The number of hydrogen-bond acceptors (Lipinski definition) is 7. The Morgan fingerprint density at radius 2 is 1.62 bits per heavy atom. The van der Waals surface area contributed by atoms with Crippen molar-refractivity contribution in [3.05, 3.63) is 106 Å². The summed E-state index contributed by atoms with van der Waals surface area (Å²) < 4.78 is 18.1. The highest BCUT2D eigenvalue weighted by Crippen LogP contribution is 2.53. The van der Waals surface area contributed by atoms with Crippen LogP contribution in [0.15, 0.2) is 78.1 Å². The monoisotopic (exact) mass is 699 g/mol. The molecule has 4 aromatic carbocycles. The number of carbonyl (C=O) groups excluding carboxylic acids is 4. The van der Waals surface area contributed by atoms with Crippen LogP contribution in [-0.4, -0.2) is 43.8 Å². The molecule has 8 nitrogen and oxygen atoms in total. The number of ketones is 1. The third kappa shape index (κ3) is 6.74. The molecule has 0 radical (unpaired) electrons. The zero-order valence-corrected chi connectivity index (χ0v) is 29.8. The molecule has 52 heavy (non-hydrogen) atoms. The van der Waals surface area contributed by atoms with Gasteiger partial charge < -0.3 is 24.3 Å². The van der Waals surface area contributed by atoms with Gasteiger partial charge in [0.2, 0.25) is 0 Å². The number of unbranched alkanes of at least 4 members (excludes halogenated alkanes) is 5. The first-order valence-corrected chi connectivity index (χ1v) is 18.7. The van der Waals surface area contributed by atoms with Gasteiger partial charge in [0.05, 0.1) is 25.7 Å². The van der Waals surface area contributed by atoms with Crippen LogP contribution in [0.5, 0.6) is 5.75 Å². The highest BCUT2D eigenvalue weighted by atomic mass is 16.5. The van der Waals surface area contributed by atoms with Crippen LogP contribution in [0.25, 0.3) is 27.1 Å². The quantitative estimate of drug-likeness (QED) is 0.0540. The van der Waals surface area contributed by atoms with E-state index in [1.54, 1.807) is 0 Å². The normalized spacial score (nSPS) is 16.2. The molecule has 0 saturated carbocycles. The summed E-state index contributed by atoms with van der Waals surface area (Å²) in [6, 6.07) is 20.1. The van der Waals surface area contributed by atoms with Crippen LogP contribution in [0.3, 0.4) is 0 Å². The standard InChI is InChI=1S/C44H45NO7/c1-2-50-36(47)22-9-6-14-25-52-35-26-32-33-27-45-44(49)40(33)41-37(28-16-7-5-8-17-28)43(48)31-20-15-21-34(51-24-13-4-3-12-23-46)39(31)42(41)38(32)30-19-11-10-18-29(30)35/h5,7-8,10-11,16-19,21,23,26,37H,2-4,6,9,12-15,20,22,24-25,27H2,1H3,(H,45,49). The van der Waals surface area contributed by atoms with E-state index in [1.807, 2.05) is 49.4 Å². The van der Waals surface area contributed by atoms with Gasteiger partial charge in [-0.1, -0.05) is 54.6 Å². The lowest BCUT2D eigenvalue weighted by atomic mass is 9.68. The predicted molar refractivity (Wildman–Crippen MR) is 201 cm³/mol. The highest BCUT2D eigenvalue weighted by Gasteiger charge is 2.44. The van der Waals surface area contributed by atoms with Gasteiger partial charge in [-0.05, 0) is 109 Å². The van der Waals surface area contributed by atoms with E-state index in [4.69, 9.17) is 14.2 Å². The first-order valence-electron chi connectivity index (χ1n) is 18.7. The number of Topliss-reactive ketones (excluding diaryl/α,β-unsaturated/α-hetero) is 1. The molecule has 7 rings (SSSR count). The van der Waals surface area contributed by atoms with Gasteiger partial charge >= 0.3 is 5.97 Å². The molecular weight excluding hydrogens is 654 g/mol. The van der Waals surface area contributed by atoms with Gasteiger partial charge in [0.1, 0.15) is 17.8 Å². The summed E-state index contributed by atoms with van der Waals surface area (Å²) >= 11 is 0. The molecule has 0 aromatic heterocycles. The fourth-order valence-corrected chi connectivity index (χ4v) is 8.07. The number of fused-ring (bicyclic) bond motifs is 9. The molecule has 1 unspecified atom stereocenters. The van der Waals surface area contributed by atoms with Gasteiger partial charge in [0.25, 0.3) is 5.91 Å². The Kier molecular flexibility index (Phi) is 10.8. The van der Waals surface area contributed by atoms with E-state index in [0.29, 0.717) is 63.4 Å². The van der Waals surface area contributed by atoms with Crippen molar-refractivity contribution in [1.29, 1.82) is 0 Å². The molecule has 0 spiro atoms. The number of hydrogen-bond donors (Lipinski definition) is 1. The maximum absolute atomic E-state index is 14.8. The summed E-state index contributed by atoms with van der Waals surface area (Å²) in [5, 5.41) is 6.95. The molecule has 1 amide bonds. The van der Waals surface area contributed by atoms with Crippen LogP contribution < -0.4 is 10.1 Å². The van der Waals surface area contributed by atoms with E-state index < -0.39 is 5.92 Å². The van der Waals surface area contributed by atoms with Crippen molar-refractivity contribution < 1.29 is 33.4 Å². The minimum Gasteiger partial charge on any atom is -0.493 e. The van der Waals surface area contributed by atoms with Crippen molar-refractivity contribution in [1.82, 2.24) is 5.32 Å². The predicted octanol–water partition coefficient (Wildman–Crippen LogP) is 8.66. The molecule has 8 heteroatoms. The van der Waals surface area contributed by atoms with Crippen molar-refractivity contribution >= 4 is 51.1 Å². The molecule has 0 saturated heterocycles. The first-order chi connectivity index (χ1) is 25.5. The van der Waals surface area contributed by atoms with Crippen molar-refractivity contribution in [2.24, 2.45) is 0 Å².